The van der Waals surface area contributed by atoms with Crippen LogP contribution < -0.4 is 5.43 Å². The van der Waals surface area contributed by atoms with E-state index >= 15 is 0 Å². The Bertz CT molecular complexity index is 798. The van der Waals surface area contributed by atoms with Gasteiger partial charge in [-0.3, -0.25) is 14.7 Å². The second-order valence-corrected chi connectivity index (χ2v) is 9.59. The molecule has 170 valence electrons. The van der Waals surface area contributed by atoms with Crippen molar-refractivity contribution in [3.63, 3.8) is 0 Å². The van der Waals surface area contributed by atoms with Crippen LogP contribution in [0.25, 0.3) is 0 Å². The molecule has 31 heavy (non-hydrogen) atoms. The topological polar surface area (TPSA) is 71.4 Å². The number of rotatable bonds is 7. The van der Waals surface area contributed by atoms with Crippen molar-refractivity contribution < 1.29 is 9.90 Å². The first-order valence-electron chi connectivity index (χ1n) is 11.7. The molecule has 0 radical (unpaired) electrons. The smallest absolute Gasteiger partial charge is 0.137 e. The lowest BCUT2D eigenvalue weighted by molar-refractivity contribution is -0.124. The summed E-state index contributed by atoms with van der Waals surface area (Å²) < 4.78 is 0. The molecular formula is C24H37N5O2. The van der Waals surface area contributed by atoms with Gasteiger partial charge in [0.15, 0.2) is 0 Å². The highest BCUT2D eigenvalue weighted by Crippen LogP contribution is 2.21. The Kier molecular flexibility index (Phi) is 7.38. The van der Waals surface area contributed by atoms with Gasteiger partial charge in [0.25, 0.3) is 0 Å². The van der Waals surface area contributed by atoms with E-state index in [2.05, 4.69) is 46.5 Å². The predicted octanol–water partition coefficient (Wildman–Crippen LogP) is 1.31. The van der Waals surface area contributed by atoms with Crippen LogP contribution in [-0.2, 0) is 17.8 Å². The van der Waals surface area contributed by atoms with E-state index in [1.165, 1.54) is 11.1 Å². The Hall–Kier alpha value is -1.80. The highest BCUT2D eigenvalue weighted by Gasteiger charge is 2.29. The van der Waals surface area contributed by atoms with Crippen molar-refractivity contribution in [3.8, 4) is 0 Å². The van der Waals surface area contributed by atoms with Gasteiger partial charge >= 0.3 is 0 Å². The first-order valence-corrected chi connectivity index (χ1v) is 11.7. The lowest BCUT2D eigenvalue weighted by Crippen LogP contribution is -2.50. The number of nitrogens with zero attached hydrogens (tertiary/aromatic N) is 4. The van der Waals surface area contributed by atoms with Crippen LogP contribution >= 0.6 is 0 Å². The summed E-state index contributed by atoms with van der Waals surface area (Å²) in [6, 6.07) is 8.87. The van der Waals surface area contributed by atoms with Gasteiger partial charge in [-0.05, 0) is 44.0 Å². The summed E-state index contributed by atoms with van der Waals surface area (Å²) in [6.45, 7) is 5.26. The average molecular weight is 428 g/mol. The lowest BCUT2D eigenvalue weighted by Gasteiger charge is -2.32. The van der Waals surface area contributed by atoms with Crippen LogP contribution in [0.1, 0.15) is 36.8 Å². The minimum absolute atomic E-state index is 0.0433. The van der Waals surface area contributed by atoms with Crippen molar-refractivity contribution in [2.75, 3.05) is 46.8 Å². The Labute approximate surface area is 186 Å². The molecule has 1 aromatic rings. The molecule has 7 nitrogen and oxygen atoms in total. The molecule has 0 aromatic heterocycles. The Morgan fingerprint density at radius 1 is 1.23 bits per heavy atom. The molecule has 0 aliphatic carbocycles. The molecule has 2 unspecified atom stereocenters. The quantitative estimate of drug-likeness (QED) is 0.684. The maximum atomic E-state index is 12.9. The third kappa shape index (κ3) is 6.13. The number of likely N-dealkylation sites (tertiary alicyclic amines) is 1. The summed E-state index contributed by atoms with van der Waals surface area (Å²) in [5.41, 5.74) is 6.10. The van der Waals surface area contributed by atoms with E-state index in [4.69, 9.17) is 4.99 Å². The van der Waals surface area contributed by atoms with Gasteiger partial charge < -0.3 is 15.4 Å². The molecular weight excluding hydrogens is 390 g/mol. The highest BCUT2D eigenvalue weighted by atomic mass is 16.3. The number of hydrazine groups is 1. The van der Waals surface area contributed by atoms with E-state index in [-0.39, 0.29) is 11.7 Å². The fourth-order valence-electron chi connectivity index (χ4n) is 5.09. The van der Waals surface area contributed by atoms with Crippen LogP contribution in [0.5, 0.6) is 0 Å². The van der Waals surface area contributed by atoms with Gasteiger partial charge in [-0.1, -0.05) is 24.3 Å². The number of aliphatic hydroxyl groups excluding tert-OH is 1. The zero-order valence-electron chi connectivity index (χ0n) is 19.0. The van der Waals surface area contributed by atoms with Crippen LogP contribution in [0, 0.1) is 5.92 Å². The van der Waals surface area contributed by atoms with Crippen LogP contribution in [0.3, 0.4) is 0 Å². The Balaban J connectivity index is 1.24. The SMILES string of the molecule is CN1CCC(N=C2CC(C(=O)CC[C@H](O)CN3CCc4ccccc4C3)CN(C)N2)C1. The second kappa shape index (κ2) is 10.2. The Morgan fingerprint density at radius 3 is 2.81 bits per heavy atom. The minimum Gasteiger partial charge on any atom is -0.392 e. The lowest BCUT2D eigenvalue weighted by atomic mass is 9.93. The summed E-state index contributed by atoms with van der Waals surface area (Å²) in [6.07, 6.45) is 3.30. The molecule has 0 spiro atoms. The summed E-state index contributed by atoms with van der Waals surface area (Å²) in [7, 11) is 4.10. The monoisotopic (exact) mass is 427 g/mol. The van der Waals surface area contributed by atoms with E-state index in [1.54, 1.807) is 0 Å². The molecule has 0 amide bonds. The number of hydrogen-bond donors (Lipinski definition) is 2. The average Bonchev–Trinajstić information content (AvgIpc) is 3.16. The maximum absolute atomic E-state index is 12.9. The van der Waals surface area contributed by atoms with Crippen molar-refractivity contribution >= 4 is 11.6 Å². The van der Waals surface area contributed by atoms with Crippen LogP contribution in [0.15, 0.2) is 29.3 Å². The molecule has 3 aliphatic rings. The van der Waals surface area contributed by atoms with Crippen LogP contribution in [0.2, 0.25) is 0 Å². The van der Waals surface area contributed by atoms with Gasteiger partial charge in [0.05, 0.1) is 12.1 Å². The molecule has 0 bridgehead atoms. The summed E-state index contributed by atoms with van der Waals surface area (Å²) in [5, 5.41) is 12.5. The zero-order valence-corrected chi connectivity index (χ0v) is 19.0. The third-order valence-electron chi connectivity index (χ3n) is 6.82. The first kappa shape index (κ1) is 22.4. The molecule has 2 fully saturated rings. The third-order valence-corrected chi connectivity index (χ3v) is 6.82. The molecule has 4 rings (SSSR count). The molecule has 2 N–H and O–H groups in total. The number of fused-ring (bicyclic) bond motifs is 1. The summed E-state index contributed by atoms with van der Waals surface area (Å²) in [5.74, 6) is 1.13. The standard InChI is InChI=1S/C24H37N5O2/c1-27-11-10-21(16-27)25-24-13-20(14-28(2)26-24)23(31)8-7-22(30)17-29-12-9-18-5-3-4-6-19(18)15-29/h3-6,20-22,30H,7-17H2,1-2H3,(H,25,26)/t20?,21?,22-/m0/s1. The van der Waals surface area contributed by atoms with Crippen LogP contribution in [-0.4, -0.2) is 90.5 Å². The van der Waals surface area contributed by atoms with Gasteiger partial charge in [-0.15, -0.1) is 0 Å². The van der Waals surface area contributed by atoms with Crippen molar-refractivity contribution in [1.82, 2.24) is 20.2 Å². The van der Waals surface area contributed by atoms with E-state index in [1.807, 2.05) is 12.1 Å². The van der Waals surface area contributed by atoms with E-state index in [0.29, 0.717) is 38.4 Å². The van der Waals surface area contributed by atoms with Gasteiger partial charge in [0, 0.05) is 58.5 Å². The minimum atomic E-state index is -0.462. The van der Waals surface area contributed by atoms with Gasteiger partial charge in [-0.2, -0.15) is 0 Å². The molecule has 2 saturated heterocycles. The summed E-state index contributed by atoms with van der Waals surface area (Å²) >= 11 is 0. The normalized spacial score (nSPS) is 27.8. The molecule has 0 saturated carbocycles. The number of carbonyl (C=O) groups excluding carboxylic acids is 1. The number of benzene rings is 1. The number of β-amino-alcohol motifs (C(OH)–C–C–N with tert-alkyl or cyclic N) is 1. The van der Waals surface area contributed by atoms with Crippen molar-refractivity contribution in [1.29, 1.82) is 0 Å². The number of amidine groups is 1. The van der Waals surface area contributed by atoms with Gasteiger partial charge in [0.2, 0.25) is 0 Å². The second-order valence-electron chi connectivity index (χ2n) is 9.59. The first-order chi connectivity index (χ1) is 15.0. The molecule has 7 heteroatoms. The predicted molar refractivity (Wildman–Crippen MR) is 123 cm³/mol. The molecule has 3 heterocycles. The number of hydrogen-bond acceptors (Lipinski definition) is 6. The maximum Gasteiger partial charge on any atom is 0.137 e. The van der Waals surface area contributed by atoms with E-state index in [9.17, 15) is 9.90 Å². The number of nitrogens with one attached hydrogen (secondary N) is 1. The number of aliphatic imine (C=N–C) groups is 1. The fourth-order valence-corrected chi connectivity index (χ4v) is 5.09. The Morgan fingerprint density at radius 2 is 2.03 bits per heavy atom. The molecule has 3 aliphatic heterocycles. The highest BCUT2D eigenvalue weighted by molar-refractivity contribution is 5.90. The molecule has 3 atom stereocenters. The van der Waals surface area contributed by atoms with Crippen LogP contribution in [0.4, 0.5) is 0 Å². The van der Waals surface area contributed by atoms with Crippen molar-refractivity contribution in [3.05, 3.63) is 35.4 Å². The molecule has 1 aromatic carbocycles. The number of aliphatic hydroxyl groups is 1. The largest absolute Gasteiger partial charge is 0.392 e. The van der Waals surface area contributed by atoms with Gasteiger partial charge in [-0.25, -0.2) is 5.01 Å². The fraction of sp³-hybridized carbons (Fsp3) is 0.667. The zero-order chi connectivity index (χ0) is 21.8. The van der Waals surface area contributed by atoms with E-state index in [0.717, 1.165) is 44.9 Å². The van der Waals surface area contributed by atoms with E-state index < -0.39 is 6.10 Å². The van der Waals surface area contributed by atoms with Crippen molar-refractivity contribution in [2.45, 2.75) is 50.8 Å². The number of carbonyl (C=O) groups is 1. The summed E-state index contributed by atoms with van der Waals surface area (Å²) in [4.78, 5) is 22.4. The van der Waals surface area contributed by atoms with Crippen molar-refractivity contribution in [2.24, 2.45) is 10.9 Å². The number of likely N-dealkylation sites (N-methyl/N-ethyl adjacent to an activating group) is 1. The number of Topliss-reactive ketones (excluding diaryl/α,β-unsaturated/α-hetero) is 1. The number of ketones is 1. The van der Waals surface area contributed by atoms with Gasteiger partial charge in [0.1, 0.15) is 11.6 Å².